The third kappa shape index (κ3) is 2.20. The van der Waals surface area contributed by atoms with Crippen molar-refractivity contribution in [3.63, 3.8) is 0 Å². The summed E-state index contributed by atoms with van der Waals surface area (Å²) in [6.45, 7) is 8.56. The summed E-state index contributed by atoms with van der Waals surface area (Å²) in [7, 11) is 0. The fourth-order valence-electron chi connectivity index (χ4n) is 2.00. The predicted molar refractivity (Wildman–Crippen MR) is 49.0 cm³/mol. The molecule has 1 aliphatic heterocycles. The van der Waals surface area contributed by atoms with Crippen molar-refractivity contribution in [1.29, 1.82) is 0 Å². The van der Waals surface area contributed by atoms with E-state index in [0.717, 1.165) is 19.6 Å². The molecule has 2 atom stereocenters. The fraction of sp³-hybridized carbons (Fsp3) is 1.00. The van der Waals surface area contributed by atoms with Gasteiger partial charge in [0.2, 0.25) is 0 Å². The molecule has 1 saturated heterocycles. The van der Waals surface area contributed by atoms with E-state index < -0.39 is 0 Å². The maximum atomic E-state index is 9.27. The molecular weight excluding hydrogens is 152 g/mol. The molecule has 0 spiro atoms. The lowest BCUT2D eigenvalue weighted by Gasteiger charge is -2.33. The second-order valence-electron chi connectivity index (χ2n) is 4.78. The highest BCUT2D eigenvalue weighted by atomic mass is 16.5. The molecule has 0 bridgehead atoms. The van der Waals surface area contributed by atoms with Gasteiger partial charge in [-0.2, -0.15) is 0 Å². The van der Waals surface area contributed by atoms with Crippen molar-refractivity contribution in [3.05, 3.63) is 0 Å². The second kappa shape index (κ2) is 3.75. The van der Waals surface area contributed by atoms with E-state index in [2.05, 4.69) is 20.8 Å². The summed E-state index contributed by atoms with van der Waals surface area (Å²) in [4.78, 5) is 0. The minimum Gasteiger partial charge on any atom is -0.396 e. The van der Waals surface area contributed by atoms with Gasteiger partial charge in [0.15, 0.2) is 0 Å². The standard InChI is InChI=1S/C10H20O2/c1-10(2,3)9(6-11)8-4-5-12-7-8/h8-9,11H,4-7H2,1-3H3. The Morgan fingerprint density at radius 3 is 2.50 bits per heavy atom. The van der Waals surface area contributed by atoms with E-state index >= 15 is 0 Å². The zero-order valence-corrected chi connectivity index (χ0v) is 8.34. The Hall–Kier alpha value is -0.0800. The molecule has 1 N–H and O–H groups in total. The lowest BCUT2D eigenvalue weighted by Crippen LogP contribution is -2.31. The third-order valence-electron chi connectivity index (χ3n) is 2.84. The van der Waals surface area contributed by atoms with Crippen LogP contribution in [0, 0.1) is 17.3 Å². The molecule has 1 heterocycles. The molecule has 0 aromatic rings. The first kappa shape index (κ1) is 10.0. The molecule has 0 aromatic heterocycles. The van der Waals surface area contributed by atoms with Crippen LogP contribution in [-0.2, 0) is 4.74 Å². The largest absolute Gasteiger partial charge is 0.396 e. The topological polar surface area (TPSA) is 29.5 Å². The Bertz CT molecular complexity index is 131. The molecule has 0 aliphatic carbocycles. The maximum absolute atomic E-state index is 9.27. The summed E-state index contributed by atoms with van der Waals surface area (Å²) in [5, 5.41) is 9.27. The van der Waals surface area contributed by atoms with Crippen molar-refractivity contribution in [2.24, 2.45) is 17.3 Å². The first-order valence-electron chi connectivity index (χ1n) is 4.74. The van der Waals surface area contributed by atoms with Crippen molar-refractivity contribution in [2.45, 2.75) is 27.2 Å². The number of hydrogen-bond donors (Lipinski definition) is 1. The van der Waals surface area contributed by atoms with E-state index in [0.29, 0.717) is 11.8 Å². The predicted octanol–water partition coefficient (Wildman–Crippen LogP) is 1.68. The molecule has 2 unspecified atom stereocenters. The first-order chi connectivity index (χ1) is 5.55. The molecule has 0 aromatic carbocycles. The maximum Gasteiger partial charge on any atom is 0.0498 e. The van der Waals surface area contributed by atoms with Gasteiger partial charge >= 0.3 is 0 Å². The highest BCUT2D eigenvalue weighted by Gasteiger charge is 2.33. The van der Waals surface area contributed by atoms with Gasteiger partial charge in [-0.25, -0.2) is 0 Å². The molecule has 0 radical (unpaired) electrons. The van der Waals surface area contributed by atoms with E-state index in [9.17, 15) is 5.11 Å². The second-order valence-corrected chi connectivity index (χ2v) is 4.78. The van der Waals surface area contributed by atoms with Crippen molar-refractivity contribution < 1.29 is 9.84 Å². The van der Waals surface area contributed by atoms with Crippen LogP contribution in [0.25, 0.3) is 0 Å². The third-order valence-corrected chi connectivity index (χ3v) is 2.84. The van der Waals surface area contributed by atoms with E-state index in [1.807, 2.05) is 0 Å². The summed E-state index contributed by atoms with van der Waals surface area (Å²) in [5.74, 6) is 0.954. The van der Waals surface area contributed by atoms with Crippen LogP contribution < -0.4 is 0 Å². The molecule has 72 valence electrons. The lowest BCUT2D eigenvalue weighted by molar-refractivity contribution is 0.0682. The van der Waals surface area contributed by atoms with Crippen molar-refractivity contribution >= 4 is 0 Å². The Labute approximate surface area is 74.9 Å². The van der Waals surface area contributed by atoms with Crippen LogP contribution in [0.5, 0.6) is 0 Å². The number of hydrogen-bond acceptors (Lipinski definition) is 2. The summed E-state index contributed by atoms with van der Waals surface area (Å²) in [6.07, 6.45) is 1.11. The molecule has 0 amide bonds. The Morgan fingerprint density at radius 1 is 1.50 bits per heavy atom. The van der Waals surface area contributed by atoms with Gasteiger partial charge in [0.05, 0.1) is 0 Å². The monoisotopic (exact) mass is 172 g/mol. The van der Waals surface area contributed by atoms with E-state index in [1.54, 1.807) is 0 Å². The molecule has 0 saturated carbocycles. The van der Waals surface area contributed by atoms with Crippen LogP contribution in [0.4, 0.5) is 0 Å². The van der Waals surface area contributed by atoms with Gasteiger partial charge in [-0.05, 0) is 23.7 Å². The van der Waals surface area contributed by atoms with Gasteiger partial charge in [0, 0.05) is 19.8 Å². The van der Waals surface area contributed by atoms with Gasteiger partial charge in [-0.3, -0.25) is 0 Å². The summed E-state index contributed by atoms with van der Waals surface area (Å²) < 4.78 is 5.32. The van der Waals surface area contributed by atoms with Gasteiger partial charge in [-0.1, -0.05) is 20.8 Å². The highest BCUT2D eigenvalue weighted by molar-refractivity contribution is 4.82. The van der Waals surface area contributed by atoms with Gasteiger partial charge in [-0.15, -0.1) is 0 Å². The zero-order valence-electron chi connectivity index (χ0n) is 8.34. The highest BCUT2D eigenvalue weighted by Crippen LogP contribution is 2.35. The van der Waals surface area contributed by atoms with Crippen LogP contribution in [-0.4, -0.2) is 24.9 Å². The smallest absolute Gasteiger partial charge is 0.0498 e. The SMILES string of the molecule is CC(C)(C)C(CO)C1CCOC1. The quantitative estimate of drug-likeness (QED) is 0.686. The molecule has 12 heavy (non-hydrogen) atoms. The summed E-state index contributed by atoms with van der Waals surface area (Å²) >= 11 is 0. The van der Waals surface area contributed by atoms with E-state index in [4.69, 9.17) is 4.74 Å². The molecular formula is C10H20O2. The normalized spacial score (nSPS) is 27.5. The number of rotatable bonds is 2. The summed E-state index contributed by atoms with van der Waals surface area (Å²) in [6, 6.07) is 0. The van der Waals surface area contributed by atoms with Gasteiger partial charge in [0.25, 0.3) is 0 Å². The number of aliphatic hydroxyl groups excluding tert-OH is 1. The summed E-state index contributed by atoms with van der Waals surface area (Å²) in [5.41, 5.74) is 0.202. The van der Waals surface area contributed by atoms with E-state index in [1.165, 1.54) is 0 Å². The molecule has 1 aliphatic rings. The van der Waals surface area contributed by atoms with E-state index in [-0.39, 0.29) is 12.0 Å². The molecule has 2 heteroatoms. The number of ether oxygens (including phenoxy) is 1. The minimum absolute atomic E-state index is 0.202. The van der Waals surface area contributed by atoms with Crippen molar-refractivity contribution in [1.82, 2.24) is 0 Å². The minimum atomic E-state index is 0.202. The Balaban J connectivity index is 2.54. The molecule has 2 nitrogen and oxygen atoms in total. The van der Waals surface area contributed by atoms with Crippen molar-refractivity contribution in [2.75, 3.05) is 19.8 Å². The first-order valence-corrected chi connectivity index (χ1v) is 4.74. The zero-order chi connectivity index (χ0) is 9.19. The van der Waals surface area contributed by atoms with Crippen LogP contribution in [0.1, 0.15) is 27.2 Å². The average Bonchev–Trinajstić information content (AvgIpc) is 2.38. The van der Waals surface area contributed by atoms with Gasteiger partial charge < -0.3 is 9.84 Å². The number of aliphatic hydroxyl groups is 1. The van der Waals surface area contributed by atoms with Crippen LogP contribution in [0.2, 0.25) is 0 Å². The van der Waals surface area contributed by atoms with Crippen LogP contribution >= 0.6 is 0 Å². The van der Waals surface area contributed by atoms with Crippen LogP contribution in [0.3, 0.4) is 0 Å². The van der Waals surface area contributed by atoms with Crippen LogP contribution in [0.15, 0.2) is 0 Å². The Kier molecular flexibility index (Phi) is 3.13. The Morgan fingerprint density at radius 2 is 2.17 bits per heavy atom. The average molecular weight is 172 g/mol. The molecule has 1 fully saturated rings. The van der Waals surface area contributed by atoms with Gasteiger partial charge in [0.1, 0.15) is 0 Å². The fourth-order valence-corrected chi connectivity index (χ4v) is 2.00. The lowest BCUT2D eigenvalue weighted by atomic mass is 9.73. The van der Waals surface area contributed by atoms with Crippen molar-refractivity contribution in [3.8, 4) is 0 Å². The molecule has 1 rings (SSSR count).